The Bertz CT molecular complexity index is 442. The van der Waals surface area contributed by atoms with Gasteiger partial charge in [0.15, 0.2) is 0 Å². The highest BCUT2D eigenvalue weighted by Gasteiger charge is 2.31. The van der Waals surface area contributed by atoms with Gasteiger partial charge in [0.2, 0.25) is 0 Å². The van der Waals surface area contributed by atoms with E-state index in [2.05, 4.69) is 32.2 Å². The van der Waals surface area contributed by atoms with Crippen LogP contribution in [0.3, 0.4) is 0 Å². The van der Waals surface area contributed by atoms with Gasteiger partial charge in [-0.15, -0.1) is 0 Å². The maximum Gasteiger partial charge on any atom is 0.0417 e. The predicted molar refractivity (Wildman–Crippen MR) is 83.7 cm³/mol. The van der Waals surface area contributed by atoms with E-state index < -0.39 is 0 Å². The number of halogens is 2. The number of hydrogen-bond acceptors (Lipinski definition) is 2. The zero-order valence-corrected chi connectivity index (χ0v) is 13.4. The van der Waals surface area contributed by atoms with Crippen molar-refractivity contribution in [2.45, 2.75) is 25.3 Å². The molecule has 104 valence electrons. The summed E-state index contributed by atoms with van der Waals surface area (Å²) in [5, 5.41) is 4.25. The first-order chi connectivity index (χ1) is 9.24. The molecule has 4 heteroatoms. The molecule has 1 aromatic carbocycles. The minimum atomic E-state index is 0.543. The molecule has 3 rings (SSSR count). The lowest BCUT2D eigenvalue weighted by molar-refractivity contribution is 0.160. The zero-order chi connectivity index (χ0) is 13.2. The number of benzene rings is 1. The van der Waals surface area contributed by atoms with Gasteiger partial charge in [-0.1, -0.05) is 46.4 Å². The molecular formula is C15H20BrClN2. The molecule has 1 saturated heterocycles. The molecule has 0 spiro atoms. The van der Waals surface area contributed by atoms with Crippen LogP contribution >= 0.6 is 27.5 Å². The van der Waals surface area contributed by atoms with E-state index in [-0.39, 0.29) is 0 Å². The van der Waals surface area contributed by atoms with Gasteiger partial charge in [-0.2, -0.15) is 0 Å². The van der Waals surface area contributed by atoms with Gasteiger partial charge < -0.3 is 5.32 Å². The molecule has 0 aromatic heterocycles. The third-order valence-electron chi connectivity index (χ3n) is 4.17. The van der Waals surface area contributed by atoms with E-state index in [4.69, 9.17) is 11.6 Å². The summed E-state index contributed by atoms with van der Waals surface area (Å²) in [5.41, 5.74) is 1.40. The van der Waals surface area contributed by atoms with E-state index in [1.807, 2.05) is 12.1 Å². The third-order valence-corrected chi connectivity index (χ3v) is 5.09. The quantitative estimate of drug-likeness (QED) is 0.893. The molecular weight excluding hydrogens is 324 g/mol. The van der Waals surface area contributed by atoms with Crippen molar-refractivity contribution >= 4 is 27.5 Å². The fourth-order valence-corrected chi connectivity index (χ4v) is 3.85. The van der Waals surface area contributed by atoms with Crippen molar-refractivity contribution in [3.8, 4) is 0 Å². The second-order valence-corrected chi connectivity index (χ2v) is 6.94. The van der Waals surface area contributed by atoms with Crippen LogP contribution in [0.15, 0.2) is 22.7 Å². The van der Waals surface area contributed by atoms with Crippen molar-refractivity contribution < 1.29 is 0 Å². The summed E-state index contributed by atoms with van der Waals surface area (Å²) in [4.78, 5) is 2.63. The zero-order valence-electron chi connectivity index (χ0n) is 11.0. The molecule has 1 heterocycles. The van der Waals surface area contributed by atoms with E-state index in [9.17, 15) is 0 Å². The van der Waals surface area contributed by atoms with Crippen molar-refractivity contribution in [3.05, 3.63) is 33.3 Å². The highest BCUT2D eigenvalue weighted by Crippen LogP contribution is 2.42. The van der Waals surface area contributed by atoms with Gasteiger partial charge in [-0.25, -0.2) is 0 Å². The van der Waals surface area contributed by atoms with E-state index in [0.29, 0.717) is 6.04 Å². The molecule has 0 unspecified atom stereocenters. The summed E-state index contributed by atoms with van der Waals surface area (Å²) in [7, 11) is 0. The Morgan fingerprint density at radius 3 is 2.68 bits per heavy atom. The van der Waals surface area contributed by atoms with Crippen molar-refractivity contribution in [2.24, 2.45) is 5.92 Å². The minimum absolute atomic E-state index is 0.543. The summed E-state index contributed by atoms with van der Waals surface area (Å²) in [6.07, 6.45) is 4.11. The highest BCUT2D eigenvalue weighted by atomic mass is 79.9. The lowest BCUT2D eigenvalue weighted by Crippen LogP contribution is -2.45. The Morgan fingerprint density at radius 2 is 2.05 bits per heavy atom. The number of piperazine rings is 1. The van der Waals surface area contributed by atoms with E-state index >= 15 is 0 Å². The van der Waals surface area contributed by atoms with Gasteiger partial charge in [-0.05, 0) is 30.0 Å². The van der Waals surface area contributed by atoms with Crippen LogP contribution in [0.2, 0.25) is 5.02 Å². The van der Waals surface area contributed by atoms with Gasteiger partial charge in [0.25, 0.3) is 0 Å². The SMILES string of the molecule is Clc1ccc([C@H](CC2CC2)N2CCNCC2)c(Br)c1. The first kappa shape index (κ1) is 13.9. The highest BCUT2D eigenvalue weighted by molar-refractivity contribution is 9.10. The van der Waals surface area contributed by atoms with Crippen LogP contribution in [-0.4, -0.2) is 31.1 Å². The fourth-order valence-electron chi connectivity index (χ4n) is 2.91. The van der Waals surface area contributed by atoms with Gasteiger partial charge in [0.05, 0.1) is 0 Å². The topological polar surface area (TPSA) is 15.3 Å². The summed E-state index contributed by atoms with van der Waals surface area (Å²) < 4.78 is 1.16. The van der Waals surface area contributed by atoms with Crippen molar-refractivity contribution in [1.29, 1.82) is 0 Å². The largest absolute Gasteiger partial charge is 0.314 e. The average Bonchev–Trinajstić information content (AvgIpc) is 3.22. The first-order valence-corrected chi connectivity index (χ1v) is 8.31. The summed E-state index contributed by atoms with van der Waals surface area (Å²) >= 11 is 9.77. The number of nitrogens with one attached hydrogen (secondary N) is 1. The summed E-state index contributed by atoms with van der Waals surface area (Å²) in [5.74, 6) is 0.933. The lowest BCUT2D eigenvalue weighted by Gasteiger charge is -2.36. The van der Waals surface area contributed by atoms with Crippen LogP contribution in [0.5, 0.6) is 0 Å². The molecule has 1 aromatic rings. The molecule has 1 saturated carbocycles. The van der Waals surface area contributed by atoms with E-state index in [1.165, 1.54) is 24.8 Å². The Balaban J connectivity index is 1.83. The monoisotopic (exact) mass is 342 g/mol. The van der Waals surface area contributed by atoms with E-state index in [0.717, 1.165) is 41.6 Å². The molecule has 1 N–H and O–H groups in total. The van der Waals surface area contributed by atoms with Gasteiger partial charge in [-0.3, -0.25) is 4.90 Å². The Labute approximate surface area is 128 Å². The van der Waals surface area contributed by atoms with Crippen LogP contribution in [0.4, 0.5) is 0 Å². The Hall–Kier alpha value is -0.0900. The summed E-state index contributed by atoms with van der Waals surface area (Å²) in [6, 6.07) is 6.78. The minimum Gasteiger partial charge on any atom is -0.314 e. The summed E-state index contributed by atoms with van der Waals surface area (Å²) in [6.45, 7) is 4.50. The molecule has 1 atom stereocenters. The van der Waals surface area contributed by atoms with Crippen LogP contribution in [0, 0.1) is 5.92 Å². The molecule has 1 aliphatic heterocycles. The molecule has 2 aliphatic rings. The molecule has 0 bridgehead atoms. The average molecular weight is 344 g/mol. The predicted octanol–water partition coefficient (Wildman–Crippen LogP) is 3.85. The second-order valence-electron chi connectivity index (χ2n) is 5.65. The van der Waals surface area contributed by atoms with Gasteiger partial charge >= 0.3 is 0 Å². The standard InChI is InChI=1S/C15H20BrClN2/c16-14-10-12(17)3-4-13(14)15(9-11-1-2-11)19-7-5-18-6-8-19/h3-4,10-11,15,18H,1-2,5-9H2/t15-/m0/s1. The van der Waals surface area contributed by atoms with Gasteiger partial charge in [0.1, 0.15) is 0 Å². The molecule has 1 aliphatic carbocycles. The lowest BCUT2D eigenvalue weighted by atomic mass is 9.98. The number of nitrogens with zero attached hydrogens (tertiary/aromatic N) is 1. The molecule has 19 heavy (non-hydrogen) atoms. The molecule has 2 fully saturated rings. The van der Waals surface area contributed by atoms with Crippen molar-refractivity contribution in [1.82, 2.24) is 10.2 Å². The van der Waals surface area contributed by atoms with Crippen LogP contribution < -0.4 is 5.32 Å². The molecule has 2 nitrogen and oxygen atoms in total. The van der Waals surface area contributed by atoms with Crippen molar-refractivity contribution in [3.63, 3.8) is 0 Å². The number of hydrogen-bond donors (Lipinski definition) is 1. The molecule has 0 radical (unpaired) electrons. The van der Waals surface area contributed by atoms with Gasteiger partial charge in [0, 0.05) is 41.7 Å². The van der Waals surface area contributed by atoms with E-state index in [1.54, 1.807) is 0 Å². The van der Waals surface area contributed by atoms with Crippen molar-refractivity contribution in [2.75, 3.05) is 26.2 Å². The smallest absolute Gasteiger partial charge is 0.0417 e. The number of rotatable bonds is 4. The first-order valence-electron chi connectivity index (χ1n) is 7.14. The molecule has 0 amide bonds. The Morgan fingerprint density at radius 1 is 1.32 bits per heavy atom. The fraction of sp³-hybridized carbons (Fsp3) is 0.600. The van der Waals surface area contributed by atoms with Crippen LogP contribution in [0.1, 0.15) is 30.9 Å². The van der Waals surface area contributed by atoms with Crippen LogP contribution in [-0.2, 0) is 0 Å². The van der Waals surface area contributed by atoms with Crippen LogP contribution in [0.25, 0.3) is 0 Å². The maximum atomic E-state index is 6.07. The normalized spacial score (nSPS) is 22.4. The second kappa shape index (κ2) is 6.13. The Kier molecular flexibility index (Phi) is 4.47. The maximum absolute atomic E-state index is 6.07. The third kappa shape index (κ3) is 3.52.